The van der Waals surface area contributed by atoms with E-state index >= 15 is 0 Å². The lowest BCUT2D eigenvalue weighted by Crippen LogP contribution is -1.97. The number of rotatable bonds is 5. The summed E-state index contributed by atoms with van der Waals surface area (Å²) in [7, 11) is 0. The fraction of sp³-hybridized carbons (Fsp3) is 0.143. The quantitative estimate of drug-likeness (QED) is 0.566. The summed E-state index contributed by atoms with van der Waals surface area (Å²) >= 11 is 0. The minimum Gasteiger partial charge on any atom is -0.491 e. The van der Waals surface area contributed by atoms with Gasteiger partial charge in [0.1, 0.15) is 0 Å². The van der Waals surface area contributed by atoms with Crippen LogP contribution < -0.4 is 4.74 Å². The number of hydrogen-bond donors (Lipinski definition) is 0. The Labute approximate surface area is 136 Å². The minimum atomic E-state index is -0.318. The van der Waals surface area contributed by atoms with Crippen molar-refractivity contribution >= 4 is 0 Å². The first-order chi connectivity index (χ1) is 11.3. The molecule has 23 heavy (non-hydrogen) atoms. The monoisotopic (exact) mass is 306 g/mol. The molecule has 0 aliphatic rings. The summed E-state index contributed by atoms with van der Waals surface area (Å²) in [5.41, 5.74) is 4.11. The van der Waals surface area contributed by atoms with E-state index in [-0.39, 0.29) is 5.82 Å². The van der Waals surface area contributed by atoms with E-state index in [0.29, 0.717) is 12.4 Å². The second-order valence-electron chi connectivity index (χ2n) is 5.44. The first-order valence-electron chi connectivity index (χ1n) is 7.86. The third-order valence-electron chi connectivity index (χ3n) is 3.70. The summed E-state index contributed by atoms with van der Waals surface area (Å²) in [6.45, 7) is 2.53. The van der Waals surface area contributed by atoms with Gasteiger partial charge in [-0.15, -0.1) is 0 Å². The molecule has 0 fully saturated rings. The van der Waals surface area contributed by atoms with Gasteiger partial charge in [0.2, 0.25) is 0 Å². The Morgan fingerprint density at radius 2 is 1.39 bits per heavy atom. The van der Waals surface area contributed by atoms with Crippen LogP contribution in [0, 0.1) is 5.82 Å². The van der Waals surface area contributed by atoms with E-state index in [4.69, 9.17) is 4.74 Å². The number of ether oxygens (including phenoxy) is 1. The van der Waals surface area contributed by atoms with Crippen molar-refractivity contribution < 1.29 is 9.13 Å². The molecule has 0 spiro atoms. The first-order valence-corrected chi connectivity index (χ1v) is 7.86. The lowest BCUT2D eigenvalue weighted by atomic mass is 9.99. The van der Waals surface area contributed by atoms with E-state index < -0.39 is 0 Å². The van der Waals surface area contributed by atoms with E-state index in [1.807, 2.05) is 43.3 Å². The van der Waals surface area contributed by atoms with Gasteiger partial charge in [0.05, 0.1) is 6.61 Å². The van der Waals surface area contributed by atoms with Crippen LogP contribution in [0.2, 0.25) is 0 Å². The molecule has 0 saturated heterocycles. The van der Waals surface area contributed by atoms with Crippen LogP contribution >= 0.6 is 0 Å². The van der Waals surface area contributed by atoms with Crippen molar-refractivity contribution in [1.29, 1.82) is 0 Å². The van der Waals surface area contributed by atoms with Crippen LogP contribution in [0.25, 0.3) is 22.3 Å². The highest BCUT2D eigenvalue weighted by molar-refractivity contribution is 5.73. The zero-order valence-electron chi connectivity index (χ0n) is 13.1. The van der Waals surface area contributed by atoms with Gasteiger partial charge in [-0.25, -0.2) is 4.39 Å². The molecule has 0 atom stereocenters. The van der Waals surface area contributed by atoms with Crippen LogP contribution in [0.15, 0.2) is 72.8 Å². The molecule has 0 bridgehead atoms. The largest absolute Gasteiger partial charge is 0.491 e. The zero-order valence-corrected chi connectivity index (χ0v) is 13.1. The summed E-state index contributed by atoms with van der Waals surface area (Å²) < 4.78 is 19.6. The Balaban J connectivity index is 1.92. The topological polar surface area (TPSA) is 9.23 Å². The minimum absolute atomic E-state index is 0.315. The fourth-order valence-electron chi connectivity index (χ4n) is 2.52. The van der Waals surface area contributed by atoms with Gasteiger partial charge in [-0.3, -0.25) is 0 Å². The van der Waals surface area contributed by atoms with Crippen LogP contribution in [-0.2, 0) is 0 Å². The Kier molecular flexibility index (Phi) is 4.72. The second-order valence-corrected chi connectivity index (χ2v) is 5.44. The zero-order chi connectivity index (χ0) is 16.1. The molecule has 116 valence electrons. The average Bonchev–Trinajstić information content (AvgIpc) is 2.61. The molecular weight excluding hydrogens is 287 g/mol. The van der Waals surface area contributed by atoms with E-state index in [1.54, 1.807) is 6.07 Å². The van der Waals surface area contributed by atoms with Gasteiger partial charge in [0.15, 0.2) is 11.6 Å². The molecule has 0 radical (unpaired) electrons. The smallest absolute Gasteiger partial charge is 0.165 e. The normalized spacial score (nSPS) is 10.5. The summed E-state index contributed by atoms with van der Waals surface area (Å²) in [5.74, 6) is -0.00382. The third-order valence-corrected chi connectivity index (χ3v) is 3.70. The average molecular weight is 306 g/mol. The van der Waals surface area contributed by atoms with Crippen LogP contribution in [-0.4, -0.2) is 6.61 Å². The molecule has 0 saturated carbocycles. The predicted molar refractivity (Wildman–Crippen MR) is 93.1 cm³/mol. The van der Waals surface area contributed by atoms with Crippen molar-refractivity contribution in [2.24, 2.45) is 0 Å². The molecule has 3 aromatic carbocycles. The van der Waals surface area contributed by atoms with E-state index in [9.17, 15) is 4.39 Å². The molecule has 1 nitrogen and oxygen atoms in total. The Morgan fingerprint density at radius 3 is 2.09 bits per heavy atom. The summed E-state index contributed by atoms with van der Waals surface area (Å²) in [4.78, 5) is 0. The SMILES string of the molecule is CCCOc1ccc(-c2cccc(-c3ccccc3)c2)cc1F. The highest BCUT2D eigenvalue weighted by Gasteiger charge is 2.07. The molecule has 0 amide bonds. The van der Waals surface area contributed by atoms with Crippen molar-refractivity contribution in [1.82, 2.24) is 0 Å². The van der Waals surface area contributed by atoms with Crippen molar-refractivity contribution in [2.75, 3.05) is 6.61 Å². The molecule has 2 heteroatoms. The summed E-state index contributed by atoms with van der Waals surface area (Å²) in [5, 5.41) is 0. The van der Waals surface area contributed by atoms with Gasteiger partial charge in [0, 0.05) is 0 Å². The highest BCUT2D eigenvalue weighted by atomic mass is 19.1. The van der Waals surface area contributed by atoms with Gasteiger partial charge in [0.25, 0.3) is 0 Å². The maximum absolute atomic E-state index is 14.2. The second kappa shape index (κ2) is 7.10. The van der Waals surface area contributed by atoms with Crippen molar-refractivity contribution in [3.8, 4) is 28.0 Å². The van der Waals surface area contributed by atoms with Gasteiger partial charge in [-0.1, -0.05) is 61.5 Å². The van der Waals surface area contributed by atoms with Crippen LogP contribution in [0.1, 0.15) is 13.3 Å². The Hall–Kier alpha value is -2.61. The highest BCUT2D eigenvalue weighted by Crippen LogP contribution is 2.29. The van der Waals surface area contributed by atoms with Crippen LogP contribution in [0.4, 0.5) is 4.39 Å². The van der Waals surface area contributed by atoms with Crippen molar-refractivity contribution in [3.63, 3.8) is 0 Å². The molecule has 0 aliphatic carbocycles. The Bertz CT molecular complexity index is 781. The third kappa shape index (κ3) is 3.59. The number of benzene rings is 3. The van der Waals surface area contributed by atoms with Crippen LogP contribution in [0.5, 0.6) is 5.75 Å². The van der Waals surface area contributed by atoms with Gasteiger partial charge in [-0.05, 0) is 46.9 Å². The van der Waals surface area contributed by atoms with E-state index in [0.717, 1.165) is 28.7 Å². The van der Waals surface area contributed by atoms with Crippen LogP contribution in [0.3, 0.4) is 0 Å². The van der Waals surface area contributed by atoms with Crippen molar-refractivity contribution in [2.45, 2.75) is 13.3 Å². The molecule has 0 heterocycles. The van der Waals surface area contributed by atoms with E-state index in [2.05, 4.69) is 24.3 Å². The summed E-state index contributed by atoms with van der Waals surface area (Å²) in [6, 6.07) is 23.4. The maximum atomic E-state index is 14.2. The molecule has 0 aromatic heterocycles. The van der Waals surface area contributed by atoms with E-state index in [1.165, 1.54) is 6.07 Å². The van der Waals surface area contributed by atoms with Gasteiger partial charge >= 0.3 is 0 Å². The van der Waals surface area contributed by atoms with Crippen molar-refractivity contribution in [3.05, 3.63) is 78.6 Å². The first kappa shape index (κ1) is 15.3. The lowest BCUT2D eigenvalue weighted by Gasteiger charge is -2.09. The lowest BCUT2D eigenvalue weighted by molar-refractivity contribution is 0.301. The molecule has 0 aliphatic heterocycles. The molecule has 0 unspecified atom stereocenters. The molecule has 0 N–H and O–H groups in total. The standard InChI is InChI=1S/C21H19FO/c1-2-13-23-21-12-11-19(15-20(21)22)18-10-6-9-17(14-18)16-7-4-3-5-8-16/h3-12,14-15H,2,13H2,1H3. The summed E-state index contributed by atoms with van der Waals surface area (Å²) in [6.07, 6.45) is 0.861. The number of halogens is 1. The van der Waals surface area contributed by atoms with Gasteiger partial charge in [-0.2, -0.15) is 0 Å². The Morgan fingerprint density at radius 1 is 0.739 bits per heavy atom. The number of hydrogen-bond acceptors (Lipinski definition) is 1. The molecular formula is C21H19FO. The predicted octanol–water partition coefficient (Wildman–Crippen LogP) is 5.95. The fourth-order valence-corrected chi connectivity index (χ4v) is 2.52. The molecule has 3 rings (SSSR count). The van der Waals surface area contributed by atoms with Gasteiger partial charge < -0.3 is 4.74 Å². The maximum Gasteiger partial charge on any atom is 0.165 e. The molecule has 3 aromatic rings.